The number of aliphatic hydroxyl groups is 3. The molecule has 0 bridgehead atoms. The molecule has 33 heavy (non-hydrogen) atoms. The third-order valence-corrected chi connectivity index (χ3v) is 6.65. The lowest BCUT2D eigenvalue weighted by Crippen LogP contribution is -2.66. The monoisotopic (exact) mass is 472 g/mol. The van der Waals surface area contributed by atoms with Crippen molar-refractivity contribution >= 4 is 34.6 Å². The van der Waals surface area contributed by atoms with E-state index in [1.165, 1.54) is 4.90 Å². The summed E-state index contributed by atoms with van der Waals surface area (Å²) in [6, 6.07) is 7.68. The van der Waals surface area contributed by atoms with Crippen LogP contribution < -0.4 is 4.90 Å². The highest BCUT2D eigenvalue weighted by atomic mass is 32.1. The van der Waals surface area contributed by atoms with E-state index in [4.69, 9.17) is 21.7 Å². The van der Waals surface area contributed by atoms with Crippen molar-refractivity contribution in [2.24, 2.45) is 5.92 Å². The summed E-state index contributed by atoms with van der Waals surface area (Å²) in [4.78, 5) is 12.9. The Morgan fingerprint density at radius 3 is 2.48 bits per heavy atom. The maximum absolute atomic E-state index is 11.6. The zero-order chi connectivity index (χ0) is 24.2. The minimum atomic E-state index is -1.82. The van der Waals surface area contributed by atoms with Gasteiger partial charge >= 0.3 is 5.97 Å². The highest BCUT2D eigenvalue weighted by Crippen LogP contribution is 2.44. The first-order valence-electron chi connectivity index (χ1n) is 10.4. The van der Waals surface area contributed by atoms with E-state index in [-0.39, 0.29) is 11.1 Å². The molecule has 9 nitrogen and oxygen atoms in total. The van der Waals surface area contributed by atoms with Gasteiger partial charge in [0.1, 0.15) is 23.9 Å². The van der Waals surface area contributed by atoms with E-state index in [1.807, 2.05) is 39.0 Å². The number of carboxylic acid groups (broad SMARTS) is 1. The fourth-order valence-corrected chi connectivity index (χ4v) is 4.88. The first-order chi connectivity index (χ1) is 15.5. The Hall–Kier alpha value is -2.81. The molecule has 1 fully saturated rings. The highest BCUT2D eigenvalue weighted by Gasteiger charge is 2.52. The number of hydrogen-bond donors (Lipinski definition) is 4. The second-order valence-electron chi connectivity index (χ2n) is 8.81. The molecule has 10 heteroatoms. The van der Waals surface area contributed by atoms with Crippen molar-refractivity contribution < 1.29 is 34.7 Å². The lowest BCUT2D eigenvalue weighted by atomic mass is 9.87. The first kappa shape index (κ1) is 23.4. The molecule has 0 spiro atoms. The first-order valence-corrected chi connectivity index (χ1v) is 10.8. The SMILES string of the molecule is CC1C(C#N)=CC=C1c1ccc2c(c1)C(C)(C)OC(=S)N2C1OC(C(=O)O)C(O)C(O)C1O. The van der Waals surface area contributed by atoms with E-state index in [2.05, 4.69) is 6.07 Å². The molecule has 2 heterocycles. The molecule has 0 amide bonds. The number of anilines is 1. The Labute approximate surface area is 195 Å². The number of aliphatic carboxylic acids is 1. The topological polar surface area (TPSA) is 143 Å². The van der Waals surface area contributed by atoms with Crippen LogP contribution in [0.1, 0.15) is 31.9 Å². The summed E-state index contributed by atoms with van der Waals surface area (Å²) in [5, 5.41) is 49.6. The summed E-state index contributed by atoms with van der Waals surface area (Å²) in [6.07, 6.45) is -4.75. The van der Waals surface area contributed by atoms with Gasteiger partial charge in [-0.1, -0.05) is 19.1 Å². The summed E-state index contributed by atoms with van der Waals surface area (Å²) >= 11 is 5.41. The van der Waals surface area contributed by atoms with Crippen LogP contribution in [0.3, 0.4) is 0 Å². The van der Waals surface area contributed by atoms with Crippen molar-refractivity contribution in [3.8, 4) is 6.07 Å². The van der Waals surface area contributed by atoms with Crippen LogP contribution >= 0.6 is 12.2 Å². The Balaban J connectivity index is 1.77. The zero-order valence-electron chi connectivity index (χ0n) is 18.2. The lowest BCUT2D eigenvalue weighted by Gasteiger charge is -2.48. The normalized spacial score (nSPS) is 32.9. The van der Waals surface area contributed by atoms with E-state index < -0.39 is 42.2 Å². The fourth-order valence-electron chi connectivity index (χ4n) is 4.46. The van der Waals surface area contributed by atoms with Crippen molar-refractivity contribution in [2.75, 3.05) is 4.90 Å². The zero-order valence-corrected chi connectivity index (χ0v) is 19.0. The number of benzene rings is 1. The Morgan fingerprint density at radius 1 is 1.18 bits per heavy atom. The molecule has 4 N–H and O–H groups in total. The molecule has 174 valence electrons. The quantitative estimate of drug-likeness (QED) is 0.477. The number of rotatable bonds is 3. The number of fused-ring (bicyclic) bond motifs is 1. The van der Waals surface area contributed by atoms with Crippen molar-refractivity contribution in [1.82, 2.24) is 0 Å². The minimum Gasteiger partial charge on any atom is -0.479 e. The number of carboxylic acids is 1. The number of hydrogen-bond acceptors (Lipinski definition) is 8. The largest absolute Gasteiger partial charge is 0.479 e. The van der Waals surface area contributed by atoms with Gasteiger partial charge in [0.25, 0.3) is 5.17 Å². The molecular formula is C23H24N2O7S. The molecule has 0 saturated carbocycles. The van der Waals surface area contributed by atoms with Gasteiger partial charge in [0.15, 0.2) is 12.3 Å². The number of aliphatic hydroxyl groups excluding tert-OH is 3. The van der Waals surface area contributed by atoms with Crippen molar-refractivity contribution in [1.29, 1.82) is 5.26 Å². The second-order valence-corrected chi connectivity index (χ2v) is 9.16. The average molecular weight is 473 g/mol. The Morgan fingerprint density at radius 2 is 1.88 bits per heavy atom. The van der Waals surface area contributed by atoms with Crippen LogP contribution in [0.4, 0.5) is 5.69 Å². The molecule has 0 radical (unpaired) electrons. The maximum atomic E-state index is 11.6. The summed E-state index contributed by atoms with van der Waals surface area (Å²) in [7, 11) is 0. The van der Waals surface area contributed by atoms with Crippen LogP contribution in [0.2, 0.25) is 0 Å². The van der Waals surface area contributed by atoms with E-state index in [0.29, 0.717) is 16.8 Å². The molecule has 6 unspecified atom stereocenters. The Bertz CT molecular complexity index is 1120. The average Bonchev–Trinajstić information content (AvgIpc) is 3.13. The number of thiocarbonyl (C=S) groups is 1. The molecule has 1 aliphatic carbocycles. The van der Waals surface area contributed by atoms with E-state index in [0.717, 1.165) is 11.1 Å². The Kier molecular flexibility index (Phi) is 5.80. The van der Waals surface area contributed by atoms with Gasteiger partial charge in [0.2, 0.25) is 0 Å². The van der Waals surface area contributed by atoms with Gasteiger partial charge in [-0.3, -0.25) is 4.90 Å². The third kappa shape index (κ3) is 3.72. The molecular weight excluding hydrogens is 448 g/mol. The summed E-state index contributed by atoms with van der Waals surface area (Å²) in [6.45, 7) is 5.59. The fraction of sp³-hybridized carbons (Fsp3) is 0.435. The summed E-state index contributed by atoms with van der Waals surface area (Å²) in [5.74, 6) is -1.56. The lowest BCUT2D eigenvalue weighted by molar-refractivity contribution is -0.226. The van der Waals surface area contributed by atoms with Crippen LogP contribution in [0.5, 0.6) is 0 Å². The number of ether oxygens (including phenoxy) is 2. The van der Waals surface area contributed by atoms with Gasteiger partial charge in [-0.05, 0) is 55.4 Å². The molecule has 6 atom stereocenters. The van der Waals surface area contributed by atoms with E-state index >= 15 is 0 Å². The number of allylic oxidation sites excluding steroid dienone is 4. The van der Waals surface area contributed by atoms with Crippen LogP contribution in [-0.2, 0) is 19.9 Å². The molecule has 0 aromatic heterocycles. The van der Waals surface area contributed by atoms with Crippen molar-refractivity contribution in [3.05, 3.63) is 47.1 Å². The van der Waals surface area contributed by atoms with Gasteiger partial charge in [-0.25, -0.2) is 4.79 Å². The van der Waals surface area contributed by atoms with Gasteiger partial charge in [-0.15, -0.1) is 0 Å². The number of carbonyl (C=O) groups is 1. The van der Waals surface area contributed by atoms with Gasteiger partial charge in [-0.2, -0.15) is 5.26 Å². The molecule has 3 aliphatic rings. The molecule has 1 aromatic carbocycles. The predicted molar refractivity (Wildman–Crippen MR) is 121 cm³/mol. The van der Waals surface area contributed by atoms with Crippen molar-refractivity contribution in [3.63, 3.8) is 0 Å². The van der Waals surface area contributed by atoms with Gasteiger partial charge < -0.3 is 29.9 Å². The standard InChI is InChI=1S/C23H24N2O7S/c1-10-12(9-24)4-6-13(10)11-5-7-15-14(8-11)23(2,3)32-22(33)25(15)20-18(28)16(26)17(27)19(31-20)21(29)30/h4-8,10,16-20,26-28H,1-3H3,(H,29,30). The number of nitrogens with zero attached hydrogens (tertiary/aromatic N) is 2. The van der Waals surface area contributed by atoms with Crippen molar-refractivity contribution in [2.45, 2.75) is 57.0 Å². The molecule has 1 aromatic rings. The maximum Gasteiger partial charge on any atom is 0.335 e. The van der Waals surface area contributed by atoms with Crippen LogP contribution in [-0.4, -0.2) is 62.2 Å². The smallest absolute Gasteiger partial charge is 0.335 e. The molecule has 2 aliphatic heterocycles. The van der Waals surface area contributed by atoms with E-state index in [1.54, 1.807) is 12.1 Å². The van der Waals surface area contributed by atoms with Gasteiger partial charge in [0.05, 0.1) is 11.8 Å². The highest BCUT2D eigenvalue weighted by molar-refractivity contribution is 7.80. The number of nitriles is 1. The third-order valence-electron chi connectivity index (χ3n) is 6.37. The van der Waals surface area contributed by atoms with Crippen LogP contribution in [0.25, 0.3) is 5.57 Å². The minimum absolute atomic E-state index is 0.0705. The molecule has 4 rings (SSSR count). The summed E-state index contributed by atoms with van der Waals surface area (Å²) < 4.78 is 11.4. The predicted octanol–water partition coefficient (Wildman–Crippen LogP) is 1.42. The van der Waals surface area contributed by atoms with Crippen LogP contribution in [0, 0.1) is 17.2 Å². The second kappa shape index (κ2) is 8.20. The van der Waals surface area contributed by atoms with Crippen LogP contribution in [0.15, 0.2) is 35.9 Å². The summed E-state index contributed by atoms with van der Waals surface area (Å²) in [5.41, 5.74) is 2.83. The molecule has 1 saturated heterocycles. The van der Waals surface area contributed by atoms with Gasteiger partial charge in [0, 0.05) is 17.1 Å². The van der Waals surface area contributed by atoms with E-state index in [9.17, 15) is 30.5 Å².